The number of hydrogen-bond acceptors (Lipinski definition) is 2. The highest BCUT2D eigenvalue weighted by Gasteiger charge is 2.30. The van der Waals surface area contributed by atoms with E-state index in [0.717, 1.165) is 22.9 Å². The molecule has 1 saturated carbocycles. The zero-order valence-corrected chi connectivity index (χ0v) is 13.6. The molecule has 0 amide bonds. The Bertz CT molecular complexity index is 436. The summed E-state index contributed by atoms with van der Waals surface area (Å²) in [5.74, 6) is 7.25. The summed E-state index contributed by atoms with van der Waals surface area (Å²) in [5.41, 5.74) is 4.16. The van der Waals surface area contributed by atoms with Crippen LogP contribution in [0.3, 0.4) is 0 Å². The molecule has 0 heterocycles. The van der Waals surface area contributed by atoms with Gasteiger partial charge in [-0.05, 0) is 42.4 Å². The molecule has 2 rings (SSSR count). The molecule has 1 aromatic rings. The Kier molecular flexibility index (Phi) is 6.16. The van der Waals surface area contributed by atoms with Gasteiger partial charge in [0, 0.05) is 16.1 Å². The Hall–Kier alpha value is -0.280. The van der Waals surface area contributed by atoms with Crippen molar-refractivity contribution in [2.24, 2.45) is 17.7 Å². The molecule has 20 heavy (non-hydrogen) atoms. The van der Waals surface area contributed by atoms with Gasteiger partial charge in [0.25, 0.3) is 0 Å². The first-order valence-electron chi connectivity index (χ1n) is 7.55. The van der Waals surface area contributed by atoms with Gasteiger partial charge >= 0.3 is 0 Å². The second-order valence-corrected chi connectivity index (χ2v) is 6.67. The van der Waals surface area contributed by atoms with Gasteiger partial charge in [-0.2, -0.15) is 0 Å². The van der Waals surface area contributed by atoms with Crippen LogP contribution in [-0.4, -0.2) is 6.04 Å². The van der Waals surface area contributed by atoms with Crippen LogP contribution in [0.2, 0.25) is 10.0 Å². The predicted molar refractivity (Wildman–Crippen MR) is 87.0 cm³/mol. The highest BCUT2D eigenvalue weighted by molar-refractivity contribution is 6.35. The largest absolute Gasteiger partial charge is 0.271 e. The SMILES string of the molecule is CCC1CCCCC1C(Cc1ccc(Cl)cc1Cl)NN. The van der Waals surface area contributed by atoms with Gasteiger partial charge in [-0.15, -0.1) is 0 Å². The molecule has 3 unspecified atom stereocenters. The lowest BCUT2D eigenvalue weighted by molar-refractivity contribution is 0.174. The second-order valence-electron chi connectivity index (χ2n) is 5.83. The fourth-order valence-corrected chi connectivity index (χ4v) is 4.02. The van der Waals surface area contributed by atoms with Crippen molar-refractivity contribution in [2.75, 3.05) is 0 Å². The first-order valence-corrected chi connectivity index (χ1v) is 8.31. The number of benzene rings is 1. The Balaban J connectivity index is 2.11. The summed E-state index contributed by atoms with van der Waals surface area (Å²) in [4.78, 5) is 0. The van der Waals surface area contributed by atoms with E-state index in [9.17, 15) is 0 Å². The highest BCUT2D eigenvalue weighted by atomic mass is 35.5. The molecule has 3 N–H and O–H groups in total. The fourth-order valence-electron chi connectivity index (χ4n) is 3.53. The van der Waals surface area contributed by atoms with Crippen LogP contribution in [-0.2, 0) is 6.42 Å². The first kappa shape index (κ1) is 16.1. The van der Waals surface area contributed by atoms with Crippen LogP contribution < -0.4 is 11.3 Å². The van der Waals surface area contributed by atoms with Crippen LogP contribution in [0, 0.1) is 11.8 Å². The molecule has 1 fully saturated rings. The molecule has 4 heteroatoms. The summed E-state index contributed by atoms with van der Waals surface area (Å²) < 4.78 is 0. The second kappa shape index (κ2) is 7.65. The van der Waals surface area contributed by atoms with Gasteiger partial charge in [0.2, 0.25) is 0 Å². The maximum Gasteiger partial charge on any atom is 0.0453 e. The van der Waals surface area contributed by atoms with Crippen molar-refractivity contribution in [3.05, 3.63) is 33.8 Å². The maximum absolute atomic E-state index is 6.29. The Labute approximate surface area is 132 Å². The van der Waals surface area contributed by atoms with E-state index >= 15 is 0 Å². The minimum atomic E-state index is 0.291. The van der Waals surface area contributed by atoms with E-state index in [-0.39, 0.29) is 0 Å². The first-order chi connectivity index (χ1) is 9.65. The summed E-state index contributed by atoms with van der Waals surface area (Å²) >= 11 is 12.2. The molecule has 3 atom stereocenters. The zero-order valence-electron chi connectivity index (χ0n) is 12.0. The summed E-state index contributed by atoms with van der Waals surface area (Å²) in [7, 11) is 0. The predicted octanol–water partition coefficient (Wildman–Crippen LogP) is 4.58. The van der Waals surface area contributed by atoms with E-state index in [2.05, 4.69) is 12.3 Å². The monoisotopic (exact) mass is 314 g/mol. The lowest BCUT2D eigenvalue weighted by Gasteiger charge is -2.36. The molecule has 112 valence electrons. The molecule has 0 aromatic heterocycles. The third kappa shape index (κ3) is 3.88. The lowest BCUT2D eigenvalue weighted by atomic mass is 9.73. The van der Waals surface area contributed by atoms with Gasteiger partial charge in [-0.1, -0.05) is 61.9 Å². The number of halogens is 2. The number of rotatable bonds is 5. The standard InChI is InChI=1S/C16H24Cl2N2/c1-2-11-5-3-4-6-14(11)16(20-19)9-12-7-8-13(17)10-15(12)18/h7-8,10-11,14,16,20H,2-6,9,19H2,1H3. The Morgan fingerprint density at radius 2 is 2.05 bits per heavy atom. The van der Waals surface area contributed by atoms with Gasteiger partial charge in [0.15, 0.2) is 0 Å². The van der Waals surface area contributed by atoms with Crippen LogP contribution in [0.4, 0.5) is 0 Å². The molecule has 0 spiro atoms. The normalized spacial score (nSPS) is 24.6. The molecular formula is C16H24Cl2N2. The minimum Gasteiger partial charge on any atom is -0.271 e. The molecule has 0 aliphatic heterocycles. The van der Waals surface area contributed by atoms with Crippen LogP contribution in [0.25, 0.3) is 0 Å². The summed E-state index contributed by atoms with van der Waals surface area (Å²) in [6, 6.07) is 6.01. The van der Waals surface area contributed by atoms with E-state index in [4.69, 9.17) is 29.0 Å². The van der Waals surface area contributed by atoms with Gasteiger partial charge in [-0.3, -0.25) is 11.3 Å². The number of nitrogens with two attached hydrogens (primary N) is 1. The van der Waals surface area contributed by atoms with Crippen LogP contribution in [0.5, 0.6) is 0 Å². The van der Waals surface area contributed by atoms with Gasteiger partial charge in [0.1, 0.15) is 0 Å². The summed E-state index contributed by atoms with van der Waals surface area (Å²) in [5, 5.41) is 1.42. The molecule has 0 radical (unpaired) electrons. The van der Waals surface area contributed by atoms with Crippen molar-refractivity contribution in [1.29, 1.82) is 0 Å². The zero-order chi connectivity index (χ0) is 14.5. The van der Waals surface area contributed by atoms with Crippen LogP contribution in [0.15, 0.2) is 18.2 Å². The third-order valence-corrected chi connectivity index (χ3v) is 5.27. The average Bonchev–Trinajstić information content (AvgIpc) is 2.46. The molecule has 1 aliphatic carbocycles. The molecule has 0 saturated heterocycles. The summed E-state index contributed by atoms with van der Waals surface area (Å²) in [6.45, 7) is 2.28. The van der Waals surface area contributed by atoms with Crippen molar-refractivity contribution < 1.29 is 0 Å². The van der Waals surface area contributed by atoms with Crippen molar-refractivity contribution in [1.82, 2.24) is 5.43 Å². The number of nitrogens with one attached hydrogen (secondary N) is 1. The minimum absolute atomic E-state index is 0.291. The smallest absolute Gasteiger partial charge is 0.0453 e. The highest BCUT2D eigenvalue weighted by Crippen LogP contribution is 2.36. The van der Waals surface area contributed by atoms with E-state index in [0.29, 0.717) is 17.0 Å². The molecule has 2 nitrogen and oxygen atoms in total. The van der Waals surface area contributed by atoms with Crippen LogP contribution in [0.1, 0.15) is 44.6 Å². The van der Waals surface area contributed by atoms with E-state index in [1.165, 1.54) is 32.1 Å². The average molecular weight is 315 g/mol. The third-order valence-electron chi connectivity index (χ3n) is 4.68. The van der Waals surface area contributed by atoms with Crippen LogP contribution >= 0.6 is 23.2 Å². The Morgan fingerprint density at radius 3 is 2.70 bits per heavy atom. The van der Waals surface area contributed by atoms with Gasteiger partial charge < -0.3 is 0 Å². The topological polar surface area (TPSA) is 38.0 Å². The molecular weight excluding hydrogens is 291 g/mol. The molecule has 1 aliphatic rings. The Morgan fingerprint density at radius 1 is 1.30 bits per heavy atom. The van der Waals surface area contributed by atoms with E-state index < -0.39 is 0 Å². The lowest BCUT2D eigenvalue weighted by Crippen LogP contribution is -2.46. The van der Waals surface area contributed by atoms with Crippen molar-refractivity contribution >= 4 is 23.2 Å². The van der Waals surface area contributed by atoms with E-state index in [1.54, 1.807) is 0 Å². The number of hydrogen-bond donors (Lipinski definition) is 2. The fraction of sp³-hybridized carbons (Fsp3) is 0.625. The quantitative estimate of drug-likeness (QED) is 0.616. The number of hydrazine groups is 1. The van der Waals surface area contributed by atoms with E-state index in [1.807, 2.05) is 18.2 Å². The molecule has 1 aromatic carbocycles. The maximum atomic E-state index is 6.29. The van der Waals surface area contributed by atoms with Crippen molar-refractivity contribution in [3.63, 3.8) is 0 Å². The van der Waals surface area contributed by atoms with Gasteiger partial charge in [0.05, 0.1) is 0 Å². The summed E-state index contributed by atoms with van der Waals surface area (Å²) in [6.07, 6.45) is 7.36. The van der Waals surface area contributed by atoms with Crippen molar-refractivity contribution in [3.8, 4) is 0 Å². The van der Waals surface area contributed by atoms with Crippen molar-refractivity contribution in [2.45, 2.75) is 51.5 Å². The molecule has 0 bridgehead atoms. The van der Waals surface area contributed by atoms with Gasteiger partial charge in [-0.25, -0.2) is 0 Å².